The Kier molecular flexibility index (Phi) is 4.97. The molecule has 1 atom stereocenters. The van der Waals surface area contributed by atoms with Gasteiger partial charge in [0.1, 0.15) is 5.54 Å². The Morgan fingerprint density at radius 3 is 2.41 bits per heavy atom. The van der Waals surface area contributed by atoms with Crippen LogP contribution in [0.4, 0.5) is 0 Å². The average Bonchev–Trinajstić information content (AvgIpc) is 3.14. The molecule has 0 saturated carbocycles. The highest BCUT2D eigenvalue weighted by Crippen LogP contribution is 2.39. The summed E-state index contributed by atoms with van der Waals surface area (Å²) >= 11 is 0. The number of aliphatic imine (C=N–C) groups is 1. The number of guanidine groups is 1. The first kappa shape index (κ1) is 20.3. The minimum Gasteiger partial charge on any atom is -0.370 e. The molecule has 32 heavy (non-hydrogen) atoms. The molecule has 5 rings (SSSR count). The molecule has 3 aromatic rings. The molecular weight excluding hydrogens is 396 g/mol. The maximum absolute atomic E-state index is 11.9. The number of likely N-dealkylation sites (N-methyl/N-ethyl adjacent to an activating group) is 1. The summed E-state index contributed by atoms with van der Waals surface area (Å²) in [7, 11) is 1.98. The molecule has 0 spiro atoms. The molecule has 0 bridgehead atoms. The van der Waals surface area contributed by atoms with Crippen LogP contribution in [0.5, 0.6) is 0 Å². The van der Waals surface area contributed by atoms with E-state index in [0.717, 1.165) is 35.2 Å². The van der Waals surface area contributed by atoms with Crippen molar-refractivity contribution in [2.75, 3.05) is 20.1 Å². The van der Waals surface area contributed by atoms with Gasteiger partial charge >= 0.3 is 0 Å². The number of amides is 1. The predicted octanol–water partition coefficient (Wildman–Crippen LogP) is 3.76. The van der Waals surface area contributed by atoms with Crippen LogP contribution in [0.1, 0.15) is 29.2 Å². The molecule has 5 nitrogen and oxygen atoms in total. The third-order valence-corrected chi connectivity index (χ3v) is 6.75. The van der Waals surface area contributed by atoms with E-state index >= 15 is 0 Å². The van der Waals surface area contributed by atoms with Crippen molar-refractivity contribution < 1.29 is 4.79 Å². The van der Waals surface area contributed by atoms with E-state index < -0.39 is 5.54 Å². The largest absolute Gasteiger partial charge is 0.370 e. The summed E-state index contributed by atoms with van der Waals surface area (Å²) in [5.74, 6) is 0.686. The summed E-state index contributed by atoms with van der Waals surface area (Å²) in [6.07, 6.45) is 0.909. The number of benzene rings is 3. The van der Waals surface area contributed by atoms with E-state index in [0.29, 0.717) is 19.0 Å². The SMILES string of the molecule is CC(=O)N1CCc2ccc(-c3cccc(C4(c5ccccc5)CN(C)C(N)=N4)c3)cc2C1. The molecule has 1 amide bonds. The Balaban J connectivity index is 1.57. The maximum atomic E-state index is 11.9. The predicted molar refractivity (Wildman–Crippen MR) is 128 cm³/mol. The van der Waals surface area contributed by atoms with Gasteiger partial charge in [0.25, 0.3) is 0 Å². The fourth-order valence-corrected chi connectivity index (χ4v) is 4.89. The Morgan fingerprint density at radius 1 is 0.938 bits per heavy atom. The number of hydrogen-bond donors (Lipinski definition) is 1. The molecular formula is C27H28N4O. The third kappa shape index (κ3) is 3.44. The Morgan fingerprint density at radius 2 is 1.69 bits per heavy atom. The Hall–Kier alpha value is -3.60. The van der Waals surface area contributed by atoms with Crippen molar-refractivity contribution in [1.82, 2.24) is 9.80 Å². The van der Waals surface area contributed by atoms with Crippen molar-refractivity contribution in [3.63, 3.8) is 0 Å². The van der Waals surface area contributed by atoms with Crippen LogP contribution >= 0.6 is 0 Å². The second kappa shape index (κ2) is 7.83. The molecule has 2 aliphatic rings. The zero-order valence-electron chi connectivity index (χ0n) is 18.6. The summed E-state index contributed by atoms with van der Waals surface area (Å²) in [6.45, 7) is 3.82. The Bertz CT molecular complexity index is 1200. The lowest BCUT2D eigenvalue weighted by Crippen LogP contribution is -2.34. The molecule has 2 aliphatic heterocycles. The summed E-state index contributed by atoms with van der Waals surface area (Å²) in [6, 6.07) is 25.6. The maximum Gasteiger partial charge on any atom is 0.219 e. The lowest BCUT2D eigenvalue weighted by molar-refractivity contribution is -0.129. The van der Waals surface area contributed by atoms with E-state index in [-0.39, 0.29) is 5.91 Å². The number of carbonyl (C=O) groups excluding carboxylic acids is 1. The molecule has 3 aromatic carbocycles. The summed E-state index contributed by atoms with van der Waals surface area (Å²) in [5.41, 5.74) is 12.8. The van der Waals surface area contributed by atoms with Gasteiger partial charge in [-0.25, -0.2) is 4.99 Å². The van der Waals surface area contributed by atoms with Crippen LogP contribution in [0.25, 0.3) is 11.1 Å². The standard InChI is InChI=1S/C27H28N4O/c1-19(32)31-14-13-20-11-12-22(15-23(20)17-31)21-7-6-10-25(16-21)27(18-30(2)26(28)29-27)24-8-4-3-5-9-24/h3-12,15-16H,13-14,17-18H2,1-2H3,(H2,28,29). The molecule has 0 aliphatic carbocycles. The first-order valence-electron chi connectivity index (χ1n) is 11.1. The lowest BCUT2D eigenvalue weighted by Gasteiger charge is -2.29. The Labute approximate surface area is 189 Å². The van der Waals surface area contributed by atoms with E-state index in [4.69, 9.17) is 10.7 Å². The van der Waals surface area contributed by atoms with Crippen molar-refractivity contribution in [3.8, 4) is 11.1 Å². The van der Waals surface area contributed by atoms with Crippen molar-refractivity contribution in [1.29, 1.82) is 0 Å². The molecule has 162 valence electrons. The van der Waals surface area contributed by atoms with Crippen LogP contribution in [0.15, 0.2) is 77.8 Å². The molecule has 5 heteroatoms. The van der Waals surface area contributed by atoms with Gasteiger partial charge in [-0.1, -0.05) is 60.7 Å². The molecule has 0 aromatic heterocycles. The van der Waals surface area contributed by atoms with Gasteiger partial charge in [-0.15, -0.1) is 0 Å². The van der Waals surface area contributed by atoms with E-state index in [9.17, 15) is 4.79 Å². The van der Waals surface area contributed by atoms with Gasteiger partial charge in [-0.05, 0) is 51.9 Å². The van der Waals surface area contributed by atoms with Gasteiger partial charge in [0, 0.05) is 27.1 Å². The summed E-state index contributed by atoms with van der Waals surface area (Å²) in [4.78, 5) is 20.8. The topological polar surface area (TPSA) is 61.9 Å². The van der Waals surface area contributed by atoms with Gasteiger partial charge < -0.3 is 15.5 Å². The van der Waals surface area contributed by atoms with E-state index in [1.165, 1.54) is 11.1 Å². The summed E-state index contributed by atoms with van der Waals surface area (Å²) in [5, 5.41) is 0. The van der Waals surface area contributed by atoms with Crippen LogP contribution < -0.4 is 5.73 Å². The van der Waals surface area contributed by atoms with E-state index in [1.54, 1.807) is 6.92 Å². The first-order valence-corrected chi connectivity index (χ1v) is 11.1. The fraction of sp³-hybridized carbons (Fsp3) is 0.259. The van der Waals surface area contributed by atoms with E-state index in [2.05, 4.69) is 66.7 Å². The quantitative estimate of drug-likeness (QED) is 0.696. The zero-order chi connectivity index (χ0) is 22.3. The van der Waals surface area contributed by atoms with Crippen LogP contribution in [-0.4, -0.2) is 41.8 Å². The lowest BCUT2D eigenvalue weighted by atomic mass is 9.82. The highest BCUT2D eigenvalue weighted by atomic mass is 16.2. The van der Waals surface area contributed by atoms with Crippen LogP contribution in [0.2, 0.25) is 0 Å². The van der Waals surface area contributed by atoms with Gasteiger partial charge in [0.15, 0.2) is 5.96 Å². The number of nitrogens with zero attached hydrogens (tertiary/aromatic N) is 3. The number of carbonyl (C=O) groups is 1. The van der Waals surface area contributed by atoms with Crippen molar-refractivity contribution in [2.45, 2.75) is 25.4 Å². The smallest absolute Gasteiger partial charge is 0.219 e. The minimum absolute atomic E-state index is 0.133. The number of rotatable bonds is 3. The summed E-state index contributed by atoms with van der Waals surface area (Å²) < 4.78 is 0. The molecule has 0 fully saturated rings. The molecule has 0 saturated heterocycles. The van der Waals surface area contributed by atoms with Gasteiger partial charge in [-0.2, -0.15) is 0 Å². The monoisotopic (exact) mass is 424 g/mol. The van der Waals surface area contributed by atoms with Gasteiger partial charge in [-0.3, -0.25) is 4.79 Å². The zero-order valence-corrected chi connectivity index (χ0v) is 18.6. The average molecular weight is 425 g/mol. The first-order chi connectivity index (χ1) is 15.5. The van der Waals surface area contributed by atoms with Crippen LogP contribution in [0.3, 0.4) is 0 Å². The molecule has 2 heterocycles. The van der Waals surface area contributed by atoms with E-state index in [1.807, 2.05) is 22.9 Å². The molecule has 2 N–H and O–H groups in total. The van der Waals surface area contributed by atoms with Crippen molar-refractivity contribution in [2.24, 2.45) is 10.7 Å². The van der Waals surface area contributed by atoms with Gasteiger partial charge in [0.05, 0.1) is 6.54 Å². The third-order valence-electron chi connectivity index (χ3n) is 6.75. The second-order valence-electron chi connectivity index (χ2n) is 8.81. The normalized spacial score (nSPS) is 20.1. The molecule has 0 radical (unpaired) electrons. The highest BCUT2D eigenvalue weighted by Gasteiger charge is 2.40. The van der Waals surface area contributed by atoms with Crippen LogP contribution in [0, 0.1) is 0 Å². The number of fused-ring (bicyclic) bond motifs is 1. The number of nitrogens with two attached hydrogens (primary N) is 1. The van der Waals surface area contributed by atoms with Gasteiger partial charge in [0.2, 0.25) is 5.91 Å². The van der Waals surface area contributed by atoms with Crippen molar-refractivity contribution >= 4 is 11.9 Å². The fourth-order valence-electron chi connectivity index (χ4n) is 4.89. The second-order valence-corrected chi connectivity index (χ2v) is 8.81. The number of hydrogen-bond acceptors (Lipinski definition) is 4. The highest BCUT2D eigenvalue weighted by molar-refractivity contribution is 5.82. The minimum atomic E-state index is -0.532. The molecule has 1 unspecified atom stereocenters. The van der Waals surface area contributed by atoms with Crippen LogP contribution in [-0.2, 0) is 23.3 Å². The van der Waals surface area contributed by atoms with Crippen molar-refractivity contribution in [3.05, 3.63) is 95.1 Å².